The van der Waals surface area contributed by atoms with Crippen molar-refractivity contribution in [3.8, 4) is 0 Å². The Kier molecular flexibility index (Phi) is 4920. The number of carboxylic acid groups (broad SMARTS) is 5. The number of hydrogen-bond acceptors (Lipinski definition) is 5. The summed E-state index contributed by atoms with van der Waals surface area (Å²) in [6.07, 6.45) is 4.17. The van der Waals surface area contributed by atoms with E-state index in [0.29, 0.717) is 0 Å². The summed E-state index contributed by atoms with van der Waals surface area (Å²) in [6, 6.07) is 0. The van der Waals surface area contributed by atoms with Crippen molar-refractivity contribution >= 4 is 29.8 Å². The zero-order valence-corrected chi connectivity index (χ0v) is 310. The van der Waals surface area contributed by atoms with Crippen molar-refractivity contribution in [1.82, 2.24) is 0 Å². The summed E-state index contributed by atoms with van der Waals surface area (Å²) in [5, 5.41) is 38.0. The van der Waals surface area contributed by atoms with Crippen LogP contribution in [0.1, 0.15) is 0 Å². The van der Waals surface area contributed by atoms with Gasteiger partial charge in [0.1, 0.15) is 0 Å². The van der Waals surface area contributed by atoms with Crippen LogP contribution < -0.4 is 2930 Å². The minimum absolute atomic E-state index is 0. The van der Waals surface area contributed by atoms with Crippen LogP contribution in [-0.4, -0.2) is 55.4 Å². The number of aliphatic carboxylic acids is 5. The molecule has 124 heavy (non-hydrogen) atoms. The molecule has 0 bridgehead atoms. The molecule has 0 aliphatic rings. The van der Waals surface area contributed by atoms with E-state index in [1.807, 2.05) is 0 Å². The Bertz CT molecular complexity index is 474. The maximum atomic E-state index is 9.25. The van der Waals surface area contributed by atoms with E-state index in [4.69, 9.17) is 25.5 Å². The first-order chi connectivity index (χ1) is 11.4. The average Bonchev–Trinajstić information content (AvgIpc) is 2.56. The fourth-order valence-electron chi connectivity index (χ4n) is 0. The van der Waals surface area contributed by atoms with E-state index in [1.54, 1.807) is 0 Å². The van der Waals surface area contributed by atoms with Crippen LogP contribution in [0.5, 0.6) is 0 Å². The standard InChI is InChI=1S/5C3H4O2.99Na/c5*1-2-3(4)5;;;;;;;;;;;;;;;;;;;;;;;;;;;;;;;;;;;;;;;;;;;;;;;;;;;;;;;;;;;;;;;;;;;;;;;;;;;;;;;;;;;;;;;;;;;;;;;;;;;/h5*2H,1H2,(H,4,5);;;;;;;;;;;;;;;;;;;;;;;;;;;;;;;;;;;;;;;;;;;;;;;;;;;;;;;;;;;;;;;;;;;;;;;;;;;;;;;;;;;;;;;;;;;;;;;;;;;/q;;;;;99*+1. The maximum absolute atomic E-state index is 9.25. The Morgan fingerprint density at radius 2 is 0.0968 bits per heavy atom. The quantitative estimate of drug-likeness (QED) is 0.131. The summed E-state index contributed by atoms with van der Waals surface area (Å²) in [5.74, 6) is -4.91. The number of carboxylic acids is 5. The van der Waals surface area contributed by atoms with Gasteiger partial charge in [0.15, 0.2) is 0 Å². The predicted molar refractivity (Wildman–Crippen MR) is 89.2 cm³/mol. The van der Waals surface area contributed by atoms with E-state index >= 15 is 0 Å². The van der Waals surface area contributed by atoms with Gasteiger partial charge in [0.05, 0.1) is 0 Å². The SMILES string of the molecule is C=CC(=O)O.C=CC(=O)O.C=CC(=O)O.C=CC(=O)O.C=CC(=O)O.[Na+].[Na+].[Na+].[Na+].[Na+].[Na+].[Na+].[Na+].[Na+].[Na+].[Na+].[Na+].[Na+].[Na+].[Na+].[Na+].[Na+].[Na+].[Na+].[Na+].[Na+].[Na+].[Na+].[Na+].[Na+].[Na+].[Na+].[Na+].[Na+].[Na+].[Na+].[Na+].[Na+].[Na+].[Na+].[Na+].[Na+].[Na+].[Na+].[Na+].[Na+].[Na+].[Na+].[Na+].[Na+].[Na+].[Na+].[Na+].[Na+].[Na+].[Na+].[Na+].[Na+].[Na+].[Na+].[Na+].[Na+].[Na+].[Na+].[Na+].[Na+].[Na+].[Na+].[Na+].[Na+].[Na+].[Na+].[Na+].[Na+].[Na+].[Na+].[Na+].[Na+].[Na+].[Na+].[Na+].[Na+].[Na+].[Na+].[Na+].[Na+].[Na+].[Na+].[Na+].[Na+].[Na+].[Na+].[Na+].[Na+].[Na+].[Na+].[Na+].[Na+].[Na+].[Na+].[Na+].[Na+].[Na+].[Na+]. The first-order valence-corrected chi connectivity index (χ1v) is 5.62. The van der Waals surface area contributed by atoms with Gasteiger partial charge in [0.25, 0.3) is 0 Å². The molecule has 0 unspecified atom stereocenters. The Labute approximate surface area is 2960 Å². The molecule has 0 saturated carbocycles. The van der Waals surface area contributed by atoms with E-state index in [1.165, 1.54) is 0 Å². The van der Waals surface area contributed by atoms with Crippen LogP contribution in [0.25, 0.3) is 0 Å². The summed E-state index contributed by atoms with van der Waals surface area (Å²) >= 11 is 0. The van der Waals surface area contributed by atoms with Gasteiger partial charge in [-0.2, -0.15) is 0 Å². The van der Waals surface area contributed by atoms with E-state index < -0.39 is 29.8 Å². The molecule has 5 N–H and O–H groups in total. The average molecular weight is 2640 g/mol. The molecular weight excluding hydrogens is 2620 g/mol. The molecule has 0 spiro atoms. The van der Waals surface area contributed by atoms with Crippen LogP contribution in [0.4, 0.5) is 0 Å². The molecule has 0 rings (SSSR count). The minimum atomic E-state index is -0.981. The third-order valence-corrected chi connectivity index (χ3v) is 0.873. The molecule has 0 heterocycles. The molecule has 140 valence electrons. The van der Waals surface area contributed by atoms with Gasteiger partial charge in [-0.25, -0.2) is 24.0 Å². The van der Waals surface area contributed by atoms with Gasteiger partial charge in [-0.15, -0.1) is 0 Å². The first kappa shape index (κ1) is 787. The van der Waals surface area contributed by atoms with Crippen molar-refractivity contribution in [2.75, 3.05) is 0 Å². The van der Waals surface area contributed by atoms with E-state index in [9.17, 15) is 24.0 Å². The van der Waals surface area contributed by atoms with Crippen LogP contribution >= 0.6 is 0 Å². The zero-order chi connectivity index (χ0) is 21.4. The van der Waals surface area contributed by atoms with Gasteiger partial charge in [-0.3, -0.25) is 0 Å². The fraction of sp³-hybridized carbons (Fsp3) is 0. The summed E-state index contributed by atoms with van der Waals surface area (Å²) in [4.78, 5) is 46.2. The van der Waals surface area contributed by atoms with E-state index in [-0.39, 0.29) is 2930 Å². The third-order valence-electron chi connectivity index (χ3n) is 0.873. The van der Waals surface area contributed by atoms with Crippen molar-refractivity contribution in [3.63, 3.8) is 0 Å². The maximum Gasteiger partial charge on any atom is 1.00 e. The van der Waals surface area contributed by atoms with Crippen molar-refractivity contribution in [2.45, 2.75) is 0 Å². The van der Waals surface area contributed by atoms with E-state index in [2.05, 4.69) is 32.9 Å². The van der Waals surface area contributed by atoms with Crippen LogP contribution in [0.3, 0.4) is 0 Å². The summed E-state index contributed by atoms with van der Waals surface area (Å²) in [7, 11) is 0. The molecule has 0 atom stereocenters. The van der Waals surface area contributed by atoms with Gasteiger partial charge in [-0.05, 0) is 0 Å². The Balaban J connectivity index is -0.000000000330. The third kappa shape index (κ3) is 918. The van der Waals surface area contributed by atoms with Crippen LogP contribution in [-0.2, 0) is 24.0 Å². The molecule has 0 aromatic heterocycles. The van der Waals surface area contributed by atoms with Crippen molar-refractivity contribution in [3.05, 3.63) is 63.3 Å². The molecule has 10 nitrogen and oxygen atoms in total. The van der Waals surface area contributed by atoms with Gasteiger partial charge in [-0.1, -0.05) is 32.9 Å². The second kappa shape index (κ2) is 776. The molecule has 0 aliphatic heterocycles. The molecular formula is C15H20Na99O10+99. The summed E-state index contributed by atoms with van der Waals surface area (Å²) < 4.78 is 0. The normalized spacial score (nSPS) is 1.29. The van der Waals surface area contributed by atoms with Crippen LogP contribution in [0.2, 0.25) is 0 Å². The monoisotopic (exact) mass is 2640 g/mol. The molecule has 0 fully saturated rings. The molecule has 0 radical (unpaired) electrons. The Hall–Kier alpha value is 95.0. The topological polar surface area (TPSA) is 186 Å². The first-order valence-electron chi connectivity index (χ1n) is 5.62. The summed E-state index contributed by atoms with van der Waals surface area (Å²) in [5.41, 5.74) is 0. The number of rotatable bonds is 5. The molecule has 109 heteroatoms. The van der Waals surface area contributed by atoms with Gasteiger partial charge < -0.3 is 25.5 Å². The smallest absolute Gasteiger partial charge is 0.478 e. The minimum Gasteiger partial charge on any atom is -0.478 e. The summed E-state index contributed by atoms with van der Waals surface area (Å²) in [6.45, 7) is 14.8. The van der Waals surface area contributed by atoms with Gasteiger partial charge in [0, 0.05) is 30.4 Å². The van der Waals surface area contributed by atoms with Gasteiger partial charge in [0.2, 0.25) is 0 Å². The van der Waals surface area contributed by atoms with Crippen molar-refractivity contribution in [1.29, 1.82) is 0 Å². The fourth-order valence-corrected chi connectivity index (χ4v) is 0. The molecule has 0 saturated heterocycles. The zero-order valence-electron chi connectivity index (χ0n) is 112. The van der Waals surface area contributed by atoms with Crippen LogP contribution in [0, 0.1) is 0 Å². The van der Waals surface area contributed by atoms with Gasteiger partial charge >= 0.3 is 2960 Å². The molecule has 0 amide bonds. The van der Waals surface area contributed by atoms with Crippen molar-refractivity contribution in [2.24, 2.45) is 0 Å². The number of hydrogen-bond donors (Lipinski definition) is 5. The Morgan fingerprint density at radius 3 is 0.0968 bits per heavy atom. The second-order valence-electron chi connectivity index (χ2n) is 2.71. The van der Waals surface area contributed by atoms with E-state index in [0.717, 1.165) is 30.4 Å². The Morgan fingerprint density at radius 1 is 0.0887 bits per heavy atom. The largest absolute Gasteiger partial charge is 1.00 e. The second-order valence-corrected chi connectivity index (χ2v) is 2.71. The van der Waals surface area contributed by atoms with Crippen molar-refractivity contribution < 1.29 is 2980 Å². The predicted octanol–water partition coefficient (Wildman–Crippen LogP) is -295. The molecule has 0 aliphatic carbocycles. The van der Waals surface area contributed by atoms with Crippen LogP contribution in [0.15, 0.2) is 63.3 Å². The number of carbonyl (C=O) groups is 5. The molecule has 0 aromatic rings. The molecule has 0 aromatic carbocycles.